The minimum Gasteiger partial charge on any atom is -0.149 e. The summed E-state index contributed by atoms with van der Waals surface area (Å²) >= 11 is 1.83. The Morgan fingerprint density at radius 1 is 1.08 bits per heavy atom. The fourth-order valence-electron chi connectivity index (χ4n) is 1.06. The Balaban J connectivity index is 2.78. The fraction of sp³-hybridized carbons (Fsp3) is 0.333. The van der Waals surface area contributed by atoms with E-state index in [2.05, 4.69) is 48.7 Å². The van der Waals surface area contributed by atoms with Gasteiger partial charge in [-0.3, -0.25) is 0 Å². The summed E-state index contributed by atoms with van der Waals surface area (Å²) in [6, 6.07) is 12.6. The third-order valence-corrected chi connectivity index (χ3v) is 2.74. The number of aryl methyl sites for hydroxylation is 1. The molecule has 0 saturated carbocycles. The Bertz CT molecular complexity index is 250. The molecule has 13 heavy (non-hydrogen) atoms. The summed E-state index contributed by atoms with van der Waals surface area (Å²) in [4.78, 5) is 1.46. The van der Waals surface area contributed by atoms with Gasteiger partial charge in [-0.2, -0.15) is 0 Å². The molecule has 1 aromatic heterocycles. The standard InChI is InChI=1S/C12H16S/c1-2-3-9-12-10-7-5-4-6-8-11-13-12/h4-8,10-11H,2-3,9H2,1H3. The molecular weight excluding hydrogens is 176 g/mol. The van der Waals surface area contributed by atoms with Crippen LogP contribution in [0.1, 0.15) is 24.6 Å². The predicted octanol–water partition coefficient (Wildman–Crippen LogP) is 4.22. The number of hydrogen-bond donors (Lipinski definition) is 0. The summed E-state index contributed by atoms with van der Waals surface area (Å²) in [5.41, 5.74) is 0. The molecule has 0 unspecified atom stereocenters. The van der Waals surface area contributed by atoms with Crippen molar-refractivity contribution >= 4 is 11.3 Å². The second-order valence-electron chi connectivity index (χ2n) is 2.95. The van der Waals surface area contributed by atoms with Crippen LogP contribution in [0.2, 0.25) is 0 Å². The van der Waals surface area contributed by atoms with E-state index in [0.29, 0.717) is 0 Å². The molecule has 0 atom stereocenters. The lowest BCUT2D eigenvalue weighted by Crippen LogP contribution is -1.77. The largest absolute Gasteiger partial charge is 0.149 e. The third kappa shape index (κ3) is 4.69. The number of unbranched alkanes of at least 4 members (excludes halogenated alkanes) is 1. The average molecular weight is 192 g/mol. The van der Waals surface area contributed by atoms with Crippen molar-refractivity contribution in [2.45, 2.75) is 26.2 Å². The molecule has 0 aliphatic carbocycles. The van der Waals surface area contributed by atoms with Crippen molar-refractivity contribution in [2.75, 3.05) is 0 Å². The lowest BCUT2D eigenvalue weighted by atomic mass is 10.2. The Hall–Kier alpha value is -0.820. The van der Waals surface area contributed by atoms with Gasteiger partial charge in [-0.15, -0.1) is 11.3 Å². The lowest BCUT2D eigenvalue weighted by molar-refractivity contribution is 0.804. The van der Waals surface area contributed by atoms with Crippen LogP contribution in [0.4, 0.5) is 0 Å². The zero-order chi connectivity index (χ0) is 9.36. The molecule has 0 N–H and O–H groups in total. The van der Waals surface area contributed by atoms with E-state index in [1.807, 2.05) is 11.3 Å². The van der Waals surface area contributed by atoms with Crippen LogP contribution in [0, 0.1) is 0 Å². The molecule has 1 rings (SSSR count). The van der Waals surface area contributed by atoms with E-state index in [1.54, 1.807) is 0 Å². The summed E-state index contributed by atoms with van der Waals surface area (Å²) in [5, 5.41) is 2.14. The normalized spacial score (nSPS) is 9.31. The van der Waals surface area contributed by atoms with Crippen LogP contribution in [0.5, 0.6) is 0 Å². The highest BCUT2D eigenvalue weighted by molar-refractivity contribution is 7.09. The number of hydrogen-bond acceptors (Lipinski definition) is 1. The first-order valence-corrected chi connectivity index (χ1v) is 5.67. The first-order chi connectivity index (χ1) is 6.43. The molecule has 0 aromatic carbocycles. The summed E-state index contributed by atoms with van der Waals surface area (Å²) in [6.45, 7) is 2.23. The maximum atomic E-state index is 2.23. The van der Waals surface area contributed by atoms with Crippen molar-refractivity contribution in [3.63, 3.8) is 0 Å². The van der Waals surface area contributed by atoms with E-state index < -0.39 is 0 Å². The van der Waals surface area contributed by atoms with Crippen LogP contribution in [0.3, 0.4) is 0 Å². The van der Waals surface area contributed by atoms with Gasteiger partial charge in [0.1, 0.15) is 0 Å². The monoisotopic (exact) mass is 192 g/mol. The molecule has 70 valence electrons. The molecule has 0 spiro atoms. The van der Waals surface area contributed by atoms with Gasteiger partial charge in [-0.05, 0) is 24.3 Å². The van der Waals surface area contributed by atoms with Gasteiger partial charge in [0.05, 0.1) is 0 Å². The third-order valence-electron chi connectivity index (χ3n) is 1.80. The molecule has 0 radical (unpaired) electrons. The van der Waals surface area contributed by atoms with Crippen LogP contribution in [0.15, 0.2) is 41.8 Å². The van der Waals surface area contributed by atoms with Crippen LogP contribution in [-0.4, -0.2) is 0 Å². The first-order valence-electron chi connectivity index (χ1n) is 4.79. The quantitative estimate of drug-likeness (QED) is 0.673. The van der Waals surface area contributed by atoms with Crippen molar-refractivity contribution in [3.8, 4) is 0 Å². The Labute approximate surface area is 84.6 Å². The van der Waals surface area contributed by atoms with Gasteiger partial charge < -0.3 is 0 Å². The topological polar surface area (TPSA) is 0 Å². The van der Waals surface area contributed by atoms with E-state index in [-0.39, 0.29) is 0 Å². The van der Waals surface area contributed by atoms with Crippen molar-refractivity contribution in [2.24, 2.45) is 0 Å². The summed E-state index contributed by atoms with van der Waals surface area (Å²) in [7, 11) is 0. The summed E-state index contributed by atoms with van der Waals surface area (Å²) in [6.07, 6.45) is 3.76. The van der Waals surface area contributed by atoms with Gasteiger partial charge in [-0.25, -0.2) is 0 Å². The minimum absolute atomic E-state index is 1.20. The van der Waals surface area contributed by atoms with Gasteiger partial charge in [0.25, 0.3) is 0 Å². The highest BCUT2D eigenvalue weighted by atomic mass is 32.1. The van der Waals surface area contributed by atoms with Crippen molar-refractivity contribution in [1.29, 1.82) is 0 Å². The van der Waals surface area contributed by atoms with Crippen LogP contribution < -0.4 is 0 Å². The smallest absolute Gasteiger partial charge is 0.00449 e. The SMILES string of the molecule is CCCCc1cccccccs1. The molecule has 1 aromatic rings. The summed E-state index contributed by atoms with van der Waals surface area (Å²) in [5.74, 6) is 0. The van der Waals surface area contributed by atoms with Crippen LogP contribution in [0.25, 0.3) is 0 Å². The molecule has 0 aliphatic rings. The molecule has 0 amide bonds. The maximum Gasteiger partial charge on any atom is 0.00449 e. The van der Waals surface area contributed by atoms with Crippen LogP contribution in [-0.2, 0) is 6.42 Å². The van der Waals surface area contributed by atoms with E-state index in [1.165, 1.54) is 24.1 Å². The van der Waals surface area contributed by atoms with Gasteiger partial charge in [0, 0.05) is 4.88 Å². The highest BCUT2D eigenvalue weighted by Crippen LogP contribution is 2.07. The first kappa shape index (κ1) is 10.3. The predicted molar refractivity (Wildman–Crippen MR) is 60.6 cm³/mol. The molecule has 0 fully saturated rings. The highest BCUT2D eigenvalue weighted by Gasteiger charge is 1.87. The van der Waals surface area contributed by atoms with Crippen molar-refractivity contribution < 1.29 is 0 Å². The summed E-state index contributed by atoms with van der Waals surface area (Å²) < 4.78 is 0. The molecule has 0 bridgehead atoms. The van der Waals surface area contributed by atoms with E-state index in [4.69, 9.17) is 0 Å². The molecule has 1 heterocycles. The Kier molecular flexibility index (Phi) is 5.27. The number of rotatable bonds is 3. The zero-order valence-corrected chi connectivity index (χ0v) is 8.89. The molecule has 1 heteroatoms. The molecular formula is C12H16S. The van der Waals surface area contributed by atoms with E-state index in [0.717, 1.165) is 0 Å². The van der Waals surface area contributed by atoms with E-state index >= 15 is 0 Å². The molecule has 0 aliphatic heterocycles. The maximum absolute atomic E-state index is 2.23. The van der Waals surface area contributed by atoms with Gasteiger partial charge in [0.15, 0.2) is 0 Å². The van der Waals surface area contributed by atoms with Gasteiger partial charge in [-0.1, -0.05) is 43.7 Å². The molecule has 0 nitrogen and oxygen atoms in total. The average Bonchev–Trinajstić information content (AvgIpc) is 2.28. The minimum atomic E-state index is 1.20. The molecule has 0 saturated heterocycles. The van der Waals surface area contributed by atoms with Crippen molar-refractivity contribution in [1.82, 2.24) is 0 Å². The Morgan fingerprint density at radius 3 is 2.69 bits per heavy atom. The van der Waals surface area contributed by atoms with Crippen LogP contribution >= 0.6 is 11.3 Å². The Morgan fingerprint density at radius 2 is 1.85 bits per heavy atom. The second-order valence-corrected chi connectivity index (χ2v) is 3.98. The van der Waals surface area contributed by atoms with Gasteiger partial charge in [0.2, 0.25) is 0 Å². The second kappa shape index (κ2) is 6.67. The zero-order valence-electron chi connectivity index (χ0n) is 8.07. The lowest BCUT2D eigenvalue weighted by Gasteiger charge is -1.93. The fourth-order valence-corrected chi connectivity index (χ4v) is 1.82. The van der Waals surface area contributed by atoms with E-state index in [9.17, 15) is 0 Å². The van der Waals surface area contributed by atoms with Crippen molar-refractivity contribution in [3.05, 3.63) is 46.7 Å². The van der Waals surface area contributed by atoms with Gasteiger partial charge >= 0.3 is 0 Å².